The minimum atomic E-state index is 0.316. The van der Waals surface area contributed by atoms with Crippen molar-refractivity contribution in [1.29, 1.82) is 0 Å². The van der Waals surface area contributed by atoms with Crippen molar-refractivity contribution in [3.05, 3.63) is 52.5 Å². The number of halogens is 1. The first-order valence-electron chi connectivity index (χ1n) is 6.05. The molecule has 0 spiro atoms. The third-order valence-electron chi connectivity index (χ3n) is 2.90. The van der Waals surface area contributed by atoms with Gasteiger partial charge in [-0.1, -0.05) is 34.1 Å². The van der Waals surface area contributed by atoms with Gasteiger partial charge in [0.05, 0.1) is 11.4 Å². The molecule has 0 radical (unpaired) electrons. The number of benzene rings is 2. The Morgan fingerprint density at radius 1 is 1.16 bits per heavy atom. The Morgan fingerprint density at radius 2 is 1.89 bits per heavy atom. The number of hydrogen-bond donors (Lipinski definition) is 2. The first-order chi connectivity index (χ1) is 9.08. The van der Waals surface area contributed by atoms with Crippen LogP contribution >= 0.6 is 15.9 Å². The third kappa shape index (κ3) is 3.41. The summed E-state index contributed by atoms with van der Waals surface area (Å²) < 4.78 is 1.03. The van der Waals surface area contributed by atoms with Crippen LogP contribution in [0.25, 0.3) is 0 Å². The van der Waals surface area contributed by atoms with E-state index >= 15 is 0 Å². The summed E-state index contributed by atoms with van der Waals surface area (Å²) in [5, 5.41) is 13.1. The topological polar surface area (TPSA) is 35.5 Å². The van der Waals surface area contributed by atoms with Crippen LogP contribution in [-0.4, -0.2) is 19.2 Å². The number of phenols is 1. The Kier molecular flexibility index (Phi) is 4.32. The molecule has 4 heteroatoms. The van der Waals surface area contributed by atoms with Crippen LogP contribution in [0, 0.1) is 0 Å². The van der Waals surface area contributed by atoms with Gasteiger partial charge in [-0.2, -0.15) is 0 Å². The highest BCUT2D eigenvalue weighted by atomic mass is 79.9. The van der Waals surface area contributed by atoms with Gasteiger partial charge in [0.1, 0.15) is 5.75 Å². The van der Waals surface area contributed by atoms with Gasteiger partial charge in [0, 0.05) is 30.7 Å². The minimum Gasteiger partial charge on any atom is -0.508 e. The largest absolute Gasteiger partial charge is 0.508 e. The van der Waals surface area contributed by atoms with Gasteiger partial charge in [0.2, 0.25) is 0 Å². The lowest BCUT2D eigenvalue weighted by atomic mass is 10.2. The van der Waals surface area contributed by atoms with Gasteiger partial charge in [0.25, 0.3) is 0 Å². The van der Waals surface area contributed by atoms with Crippen molar-refractivity contribution in [3.63, 3.8) is 0 Å². The van der Waals surface area contributed by atoms with Crippen molar-refractivity contribution in [2.24, 2.45) is 0 Å². The van der Waals surface area contributed by atoms with Crippen LogP contribution in [0.1, 0.15) is 5.56 Å². The molecule has 0 fully saturated rings. The molecular weight excluding hydrogens is 304 g/mol. The van der Waals surface area contributed by atoms with Crippen molar-refractivity contribution in [2.75, 3.05) is 24.3 Å². The molecule has 0 aliphatic rings. The molecule has 0 atom stereocenters. The average Bonchev–Trinajstić information content (AvgIpc) is 2.37. The molecule has 0 saturated heterocycles. The van der Waals surface area contributed by atoms with Gasteiger partial charge < -0.3 is 15.3 Å². The highest BCUT2D eigenvalue weighted by Crippen LogP contribution is 2.29. The molecule has 2 aromatic carbocycles. The number of anilines is 2. The molecule has 0 saturated carbocycles. The van der Waals surface area contributed by atoms with E-state index in [0.717, 1.165) is 21.4 Å². The van der Waals surface area contributed by atoms with Crippen molar-refractivity contribution in [2.45, 2.75) is 6.54 Å². The van der Waals surface area contributed by atoms with E-state index in [1.54, 1.807) is 6.07 Å². The zero-order valence-electron chi connectivity index (χ0n) is 11.0. The number of aromatic hydroxyl groups is 1. The Labute approximate surface area is 122 Å². The summed E-state index contributed by atoms with van der Waals surface area (Å²) in [4.78, 5) is 2.06. The quantitative estimate of drug-likeness (QED) is 0.898. The normalized spacial score (nSPS) is 10.3. The summed E-state index contributed by atoms with van der Waals surface area (Å²) in [6.07, 6.45) is 0. The van der Waals surface area contributed by atoms with Crippen LogP contribution in [0.3, 0.4) is 0 Å². The number of para-hydroxylation sites is 1. The van der Waals surface area contributed by atoms with Crippen molar-refractivity contribution in [1.82, 2.24) is 0 Å². The number of nitrogens with one attached hydrogen (secondary N) is 1. The Balaban J connectivity index is 2.19. The van der Waals surface area contributed by atoms with Gasteiger partial charge >= 0.3 is 0 Å². The Bertz CT molecular complexity index is 570. The van der Waals surface area contributed by atoms with Crippen LogP contribution in [0.4, 0.5) is 11.4 Å². The smallest absolute Gasteiger partial charge is 0.120 e. The van der Waals surface area contributed by atoms with E-state index in [1.807, 2.05) is 44.4 Å². The monoisotopic (exact) mass is 320 g/mol. The second-order valence-corrected chi connectivity index (χ2v) is 5.45. The van der Waals surface area contributed by atoms with E-state index in [2.05, 4.69) is 32.2 Å². The maximum Gasteiger partial charge on any atom is 0.120 e. The fourth-order valence-corrected chi connectivity index (χ4v) is 2.25. The average molecular weight is 321 g/mol. The summed E-state index contributed by atoms with van der Waals surface area (Å²) in [5.74, 6) is 0.316. The molecule has 0 amide bonds. The first-order valence-corrected chi connectivity index (χ1v) is 6.85. The SMILES string of the molecule is CN(C)c1ccc(Br)cc1NCc1ccccc1O. The molecule has 2 N–H and O–H groups in total. The zero-order valence-corrected chi connectivity index (χ0v) is 12.6. The van der Waals surface area contributed by atoms with Gasteiger partial charge in [0.15, 0.2) is 0 Å². The predicted octanol–water partition coefficient (Wildman–Crippen LogP) is 3.83. The van der Waals surface area contributed by atoms with Crippen LogP contribution in [0.2, 0.25) is 0 Å². The lowest BCUT2D eigenvalue weighted by Gasteiger charge is -2.19. The summed E-state index contributed by atoms with van der Waals surface area (Å²) in [6.45, 7) is 0.587. The van der Waals surface area contributed by atoms with Gasteiger partial charge in [-0.3, -0.25) is 0 Å². The lowest BCUT2D eigenvalue weighted by Crippen LogP contribution is -2.12. The van der Waals surface area contributed by atoms with E-state index in [-0.39, 0.29) is 0 Å². The van der Waals surface area contributed by atoms with E-state index in [4.69, 9.17) is 0 Å². The molecule has 0 bridgehead atoms. The second-order valence-electron chi connectivity index (χ2n) is 4.54. The summed E-state index contributed by atoms with van der Waals surface area (Å²) in [7, 11) is 4.02. The van der Waals surface area contributed by atoms with Crippen molar-refractivity contribution < 1.29 is 5.11 Å². The standard InChI is InChI=1S/C15H17BrN2O/c1-18(2)14-8-7-12(16)9-13(14)17-10-11-5-3-4-6-15(11)19/h3-9,17,19H,10H2,1-2H3. The van der Waals surface area contributed by atoms with Crippen LogP contribution < -0.4 is 10.2 Å². The molecule has 0 heterocycles. The fraction of sp³-hybridized carbons (Fsp3) is 0.200. The van der Waals surface area contributed by atoms with Crippen LogP contribution in [0.15, 0.2) is 46.9 Å². The molecule has 3 nitrogen and oxygen atoms in total. The zero-order chi connectivity index (χ0) is 13.8. The molecule has 2 rings (SSSR count). The van der Waals surface area contributed by atoms with E-state index < -0.39 is 0 Å². The number of rotatable bonds is 4. The Hall–Kier alpha value is -1.68. The second kappa shape index (κ2) is 5.97. The molecule has 19 heavy (non-hydrogen) atoms. The third-order valence-corrected chi connectivity index (χ3v) is 3.39. The molecule has 0 aliphatic carbocycles. The highest BCUT2D eigenvalue weighted by molar-refractivity contribution is 9.10. The van der Waals surface area contributed by atoms with Gasteiger partial charge in [-0.25, -0.2) is 0 Å². The molecule has 100 valence electrons. The predicted molar refractivity (Wildman–Crippen MR) is 83.9 cm³/mol. The Morgan fingerprint density at radius 3 is 2.58 bits per heavy atom. The van der Waals surface area contributed by atoms with Crippen molar-refractivity contribution in [3.8, 4) is 5.75 Å². The summed E-state index contributed by atoms with van der Waals surface area (Å²) >= 11 is 3.48. The number of nitrogens with zero attached hydrogens (tertiary/aromatic N) is 1. The number of phenolic OH excluding ortho intramolecular Hbond substituents is 1. The fourth-order valence-electron chi connectivity index (χ4n) is 1.89. The maximum atomic E-state index is 9.76. The molecule has 0 aliphatic heterocycles. The number of hydrogen-bond acceptors (Lipinski definition) is 3. The summed E-state index contributed by atoms with van der Waals surface area (Å²) in [5.41, 5.74) is 3.02. The molecule has 2 aromatic rings. The van der Waals surface area contributed by atoms with Crippen LogP contribution in [-0.2, 0) is 6.54 Å². The van der Waals surface area contributed by atoms with Crippen molar-refractivity contribution >= 4 is 27.3 Å². The van der Waals surface area contributed by atoms with E-state index in [0.29, 0.717) is 12.3 Å². The molecule has 0 aromatic heterocycles. The van der Waals surface area contributed by atoms with Gasteiger partial charge in [-0.05, 0) is 24.3 Å². The van der Waals surface area contributed by atoms with Crippen LogP contribution in [0.5, 0.6) is 5.75 Å². The van der Waals surface area contributed by atoms with E-state index in [9.17, 15) is 5.11 Å². The van der Waals surface area contributed by atoms with Gasteiger partial charge in [-0.15, -0.1) is 0 Å². The highest BCUT2D eigenvalue weighted by Gasteiger charge is 2.06. The maximum absolute atomic E-state index is 9.76. The molecule has 0 unspecified atom stereocenters. The van der Waals surface area contributed by atoms with E-state index in [1.165, 1.54) is 0 Å². The summed E-state index contributed by atoms with van der Waals surface area (Å²) in [6, 6.07) is 13.5. The first kappa shape index (κ1) is 13.7. The lowest BCUT2D eigenvalue weighted by molar-refractivity contribution is 0.469. The minimum absolute atomic E-state index is 0.316. The molecular formula is C15H17BrN2O.